The van der Waals surface area contributed by atoms with E-state index in [4.69, 9.17) is 4.74 Å². The number of methoxy groups -OCH3 is 1. The van der Waals surface area contributed by atoms with E-state index >= 15 is 0 Å². The Balaban J connectivity index is 1.54. The van der Waals surface area contributed by atoms with E-state index < -0.39 is 16.0 Å². The second-order valence-electron chi connectivity index (χ2n) is 8.30. The highest BCUT2D eigenvalue weighted by molar-refractivity contribution is 7.92. The summed E-state index contributed by atoms with van der Waals surface area (Å²) < 4.78 is 33.7. The van der Waals surface area contributed by atoms with Gasteiger partial charge in [-0.15, -0.1) is 0 Å². The van der Waals surface area contributed by atoms with Gasteiger partial charge in [0.1, 0.15) is 5.75 Å². The zero-order valence-electron chi connectivity index (χ0n) is 18.8. The van der Waals surface area contributed by atoms with Crippen molar-refractivity contribution in [2.75, 3.05) is 29.8 Å². The lowest BCUT2D eigenvalue weighted by Crippen LogP contribution is -2.35. The molecular formula is C25H27N3O5S. The molecule has 9 heteroatoms. The third-order valence-corrected chi connectivity index (χ3v) is 7.39. The van der Waals surface area contributed by atoms with Crippen molar-refractivity contribution in [2.45, 2.75) is 24.2 Å². The van der Waals surface area contributed by atoms with Crippen molar-refractivity contribution in [2.24, 2.45) is 5.92 Å². The number of piperidine rings is 1. The number of nitrogens with zero attached hydrogens (tertiary/aromatic N) is 2. The van der Waals surface area contributed by atoms with E-state index in [1.165, 1.54) is 37.1 Å². The quantitative estimate of drug-likeness (QED) is 0.500. The molecule has 8 nitrogen and oxygen atoms in total. The molecule has 1 aliphatic rings. The maximum Gasteiger partial charge on any atom is 0.337 e. The first kappa shape index (κ1) is 23.6. The van der Waals surface area contributed by atoms with Crippen molar-refractivity contribution in [1.29, 1.82) is 0 Å². The van der Waals surface area contributed by atoms with E-state index in [1.807, 2.05) is 23.1 Å². The molecule has 1 saturated heterocycles. The average Bonchev–Trinajstić information content (AvgIpc) is 2.85. The Morgan fingerprint density at radius 3 is 2.41 bits per heavy atom. The number of carbonyl (C=O) groups is 1. The number of benzene rings is 2. The van der Waals surface area contributed by atoms with Gasteiger partial charge in [0, 0.05) is 19.3 Å². The van der Waals surface area contributed by atoms with Crippen LogP contribution in [0, 0.1) is 5.92 Å². The number of hydrogen-bond acceptors (Lipinski definition) is 6. The minimum absolute atomic E-state index is 0.0431. The molecule has 178 valence electrons. The third-order valence-electron chi connectivity index (χ3n) is 6.01. The Hall–Kier alpha value is -3.59. The van der Waals surface area contributed by atoms with Crippen LogP contribution in [0.25, 0.3) is 0 Å². The van der Waals surface area contributed by atoms with Gasteiger partial charge in [0.05, 0.1) is 23.3 Å². The second kappa shape index (κ2) is 10.1. The Bertz CT molecular complexity index is 1240. The summed E-state index contributed by atoms with van der Waals surface area (Å²) in [5.74, 6) is 0.315. The standard InChI is InChI=1S/C25H27N3O5S/c1-33-21-7-9-22(10-8-21)34(31,32)27-23-16-20(25(29)30)17-26-24(23)28-13-11-19(12-14-28)15-18-5-3-2-4-6-18/h2-10,16-17,19,27H,11-15H2,1H3,(H,29,30). The summed E-state index contributed by atoms with van der Waals surface area (Å²) in [6.45, 7) is 1.41. The van der Waals surface area contributed by atoms with Gasteiger partial charge in [0.15, 0.2) is 5.82 Å². The maximum atomic E-state index is 13.0. The first-order chi connectivity index (χ1) is 16.4. The summed E-state index contributed by atoms with van der Waals surface area (Å²) >= 11 is 0. The molecule has 2 heterocycles. The third kappa shape index (κ3) is 5.48. The summed E-state index contributed by atoms with van der Waals surface area (Å²) in [7, 11) is -2.46. The number of carboxylic acids is 1. The smallest absolute Gasteiger partial charge is 0.337 e. The topological polar surface area (TPSA) is 109 Å². The van der Waals surface area contributed by atoms with Crippen molar-refractivity contribution in [3.8, 4) is 5.75 Å². The van der Waals surface area contributed by atoms with Gasteiger partial charge in [-0.3, -0.25) is 4.72 Å². The number of aromatic nitrogens is 1. The van der Waals surface area contributed by atoms with E-state index in [9.17, 15) is 18.3 Å². The highest BCUT2D eigenvalue weighted by Gasteiger charge is 2.25. The zero-order valence-corrected chi connectivity index (χ0v) is 19.7. The molecule has 0 spiro atoms. The zero-order chi connectivity index (χ0) is 24.1. The molecular weight excluding hydrogens is 454 g/mol. The van der Waals surface area contributed by atoms with Gasteiger partial charge >= 0.3 is 5.97 Å². The van der Waals surface area contributed by atoms with Gasteiger partial charge in [0.2, 0.25) is 0 Å². The number of carboxylic acid groups (broad SMARTS) is 1. The fourth-order valence-electron chi connectivity index (χ4n) is 4.16. The van der Waals surface area contributed by atoms with Crippen LogP contribution < -0.4 is 14.4 Å². The lowest BCUT2D eigenvalue weighted by Gasteiger charge is -2.34. The molecule has 4 rings (SSSR count). The van der Waals surface area contributed by atoms with Crippen molar-refractivity contribution < 1.29 is 23.1 Å². The normalized spacial score (nSPS) is 14.6. The van der Waals surface area contributed by atoms with Crippen molar-refractivity contribution in [3.05, 3.63) is 78.0 Å². The van der Waals surface area contributed by atoms with Gasteiger partial charge in [0.25, 0.3) is 10.0 Å². The second-order valence-corrected chi connectivity index (χ2v) is 9.98. The summed E-state index contributed by atoms with van der Waals surface area (Å²) in [6, 6.07) is 17.6. The fourth-order valence-corrected chi connectivity index (χ4v) is 5.21. The highest BCUT2D eigenvalue weighted by atomic mass is 32.2. The molecule has 1 aromatic heterocycles. The molecule has 0 radical (unpaired) electrons. The van der Waals surface area contributed by atoms with Crippen LogP contribution in [0.2, 0.25) is 0 Å². The number of rotatable bonds is 8. The molecule has 0 aliphatic carbocycles. The molecule has 0 amide bonds. The van der Waals surface area contributed by atoms with Gasteiger partial charge < -0.3 is 14.7 Å². The number of anilines is 2. The molecule has 0 saturated carbocycles. The van der Waals surface area contributed by atoms with Crippen LogP contribution in [0.4, 0.5) is 11.5 Å². The number of sulfonamides is 1. The predicted octanol–water partition coefficient (Wildman–Crippen LogP) is 4.05. The molecule has 1 aliphatic heterocycles. The summed E-state index contributed by atoms with van der Waals surface area (Å²) in [5, 5.41) is 9.41. The molecule has 1 fully saturated rings. The lowest BCUT2D eigenvalue weighted by atomic mass is 9.90. The van der Waals surface area contributed by atoms with Crippen molar-refractivity contribution >= 4 is 27.5 Å². The molecule has 2 aromatic carbocycles. The number of nitrogens with one attached hydrogen (secondary N) is 1. The summed E-state index contributed by atoms with van der Waals surface area (Å²) in [6.07, 6.45) is 4.12. The molecule has 0 bridgehead atoms. The van der Waals surface area contributed by atoms with Crippen LogP contribution in [0.1, 0.15) is 28.8 Å². The van der Waals surface area contributed by atoms with Gasteiger partial charge in [-0.25, -0.2) is 18.2 Å². The van der Waals surface area contributed by atoms with E-state index in [0.717, 1.165) is 19.3 Å². The molecule has 0 atom stereocenters. The van der Waals surface area contributed by atoms with Crippen LogP contribution >= 0.6 is 0 Å². The largest absolute Gasteiger partial charge is 0.497 e. The van der Waals surface area contributed by atoms with E-state index in [2.05, 4.69) is 21.8 Å². The Morgan fingerprint density at radius 1 is 1.12 bits per heavy atom. The monoisotopic (exact) mass is 481 g/mol. The SMILES string of the molecule is COc1ccc(S(=O)(=O)Nc2cc(C(=O)O)cnc2N2CCC(Cc3ccccc3)CC2)cc1. The molecule has 0 unspecified atom stereocenters. The Kier molecular flexibility index (Phi) is 7.02. The van der Waals surface area contributed by atoms with Crippen LogP contribution in [0.5, 0.6) is 5.75 Å². The molecule has 2 N–H and O–H groups in total. The minimum atomic E-state index is -3.96. The maximum absolute atomic E-state index is 13.0. The number of aromatic carboxylic acids is 1. The Morgan fingerprint density at radius 2 is 1.79 bits per heavy atom. The van der Waals surface area contributed by atoms with Gasteiger partial charge in [-0.05, 0) is 61.1 Å². The van der Waals surface area contributed by atoms with E-state index in [1.54, 1.807) is 12.1 Å². The van der Waals surface area contributed by atoms with Crippen molar-refractivity contribution in [3.63, 3.8) is 0 Å². The van der Waals surface area contributed by atoms with Crippen molar-refractivity contribution in [1.82, 2.24) is 4.98 Å². The number of pyridine rings is 1. The van der Waals surface area contributed by atoms with Gasteiger partial charge in [-0.1, -0.05) is 30.3 Å². The van der Waals surface area contributed by atoms with Crippen LogP contribution in [-0.4, -0.2) is 44.7 Å². The van der Waals surface area contributed by atoms with Gasteiger partial charge in [-0.2, -0.15) is 0 Å². The predicted molar refractivity (Wildman–Crippen MR) is 130 cm³/mol. The Labute approximate surface area is 199 Å². The van der Waals surface area contributed by atoms with E-state index in [0.29, 0.717) is 30.6 Å². The summed E-state index contributed by atoms with van der Waals surface area (Å²) in [5.41, 5.74) is 1.37. The fraction of sp³-hybridized carbons (Fsp3) is 0.280. The van der Waals surface area contributed by atoms with Crippen LogP contribution in [0.3, 0.4) is 0 Å². The number of ether oxygens (including phenoxy) is 1. The van der Waals surface area contributed by atoms with Crippen LogP contribution in [-0.2, 0) is 16.4 Å². The van der Waals surface area contributed by atoms with Crippen LogP contribution in [0.15, 0.2) is 71.8 Å². The first-order valence-corrected chi connectivity index (χ1v) is 12.5. The summed E-state index contributed by atoms with van der Waals surface area (Å²) in [4.78, 5) is 17.9. The first-order valence-electron chi connectivity index (χ1n) is 11.0. The van der Waals surface area contributed by atoms with E-state index in [-0.39, 0.29) is 16.1 Å². The highest BCUT2D eigenvalue weighted by Crippen LogP contribution is 2.31. The minimum Gasteiger partial charge on any atom is -0.497 e. The average molecular weight is 482 g/mol. The lowest BCUT2D eigenvalue weighted by molar-refractivity contribution is 0.0696. The molecule has 34 heavy (non-hydrogen) atoms. The number of hydrogen-bond donors (Lipinski definition) is 2. The molecule has 3 aromatic rings.